The monoisotopic (exact) mass is 419 g/mol. The van der Waals surface area contributed by atoms with Gasteiger partial charge in [0.2, 0.25) is 11.8 Å². The number of carbonyl (C=O) groups excluding carboxylic acids is 3. The van der Waals surface area contributed by atoms with Crippen LogP contribution in [0.4, 0.5) is 10.8 Å². The Kier molecular flexibility index (Phi) is 5.22. The lowest BCUT2D eigenvalue weighted by molar-refractivity contribution is -0.121. The summed E-state index contributed by atoms with van der Waals surface area (Å²) in [6, 6.07) is 10.8. The van der Waals surface area contributed by atoms with E-state index in [4.69, 9.17) is 0 Å². The number of rotatable bonds is 4. The SMILES string of the molecule is Cc1cc(C)c(-c2csc(NC(=O)c3cccc(N4C(=O)CCC4=O)c3)n2)c(C)c1. The summed E-state index contributed by atoms with van der Waals surface area (Å²) < 4.78 is 0. The highest BCUT2D eigenvalue weighted by molar-refractivity contribution is 7.14. The lowest BCUT2D eigenvalue weighted by Gasteiger charge is -2.14. The van der Waals surface area contributed by atoms with Gasteiger partial charge in [0, 0.05) is 29.3 Å². The van der Waals surface area contributed by atoms with E-state index < -0.39 is 0 Å². The molecule has 0 bridgehead atoms. The fourth-order valence-corrected chi connectivity index (χ4v) is 4.55. The smallest absolute Gasteiger partial charge is 0.257 e. The van der Waals surface area contributed by atoms with Crippen LogP contribution in [0.25, 0.3) is 11.3 Å². The average molecular weight is 420 g/mol. The summed E-state index contributed by atoms with van der Waals surface area (Å²) in [5, 5.41) is 5.24. The first-order valence-corrected chi connectivity index (χ1v) is 10.5. The van der Waals surface area contributed by atoms with Crippen LogP contribution in [0, 0.1) is 20.8 Å². The van der Waals surface area contributed by atoms with E-state index in [2.05, 4.69) is 43.2 Å². The summed E-state index contributed by atoms with van der Waals surface area (Å²) in [4.78, 5) is 42.4. The average Bonchev–Trinajstić information content (AvgIpc) is 3.27. The van der Waals surface area contributed by atoms with E-state index in [1.807, 2.05) is 5.38 Å². The first kappa shape index (κ1) is 20.0. The molecule has 6 nitrogen and oxygen atoms in total. The van der Waals surface area contributed by atoms with Crippen LogP contribution in [0.1, 0.15) is 39.9 Å². The first-order valence-electron chi connectivity index (χ1n) is 9.64. The Morgan fingerprint density at radius 1 is 1.03 bits per heavy atom. The van der Waals surface area contributed by atoms with Gasteiger partial charge in [-0.3, -0.25) is 24.6 Å². The van der Waals surface area contributed by atoms with Crippen LogP contribution >= 0.6 is 11.3 Å². The van der Waals surface area contributed by atoms with E-state index >= 15 is 0 Å². The molecule has 4 rings (SSSR count). The molecule has 0 unspecified atom stereocenters. The third kappa shape index (κ3) is 3.76. The summed E-state index contributed by atoms with van der Waals surface area (Å²) in [5.41, 5.74) is 6.16. The number of hydrogen-bond acceptors (Lipinski definition) is 5. The summed E-state index contributed by atoms with van der Waals surface area (Å²) in [6.45, 7) is 6.17. The second-order valence-electron chi connectivity index (χ2n) is 7.44. The Hall–Kier alpha value is -3.32. The molecule has 3 aromatic rings. The molecular weight excluding hydrogens is 398 g/mol. The van der Waals surface area contributed by atoms with E-state index in [0.717, 1.165) is 27.3 Å². The van der Waals surface area contributed by atoms with Crippen molar-refractivity contribution in [1.29, 1.82) is 0 Å². The summed E-state index contributed by atoms with van der Waals surface area (Å²) in [7, 11) is 0. The first-order chi connectivity index (χ1) is 14.3. The number of hydrogen-bond donors (Lipinski definition) is 1. The molecule has 30 heavy (non-hydrogen) atoms. The molecule has 0 radical (unpaired) electrons. The number of nitrogens with zero attached hydrogens (tertiary/aromatic N) is 2. The van der Waals surface area contributed by atoms with Gasteiger partial charge < -0.3 is 0 Å². The number of aryl methyl sites for hydroxylation is 3. The Balaban J connectivity index is 1.55. The van der Waals surface area contributed by atoms with Crippen LogP contribution in [0.3, 0.4) is 0 Å². The minimum absolute atomic E-state index is 0.203. The molecule has 0 atom stereocenters. The van der Waals surface area contributed by atoms with Gasteiger partial charge in [0.1, 0.15) is 0 Å². The van der Waals surface area contributed by atoms with Crippen LogP contribution in [-0.2, 0) is 9.59 Å². The molecule has 1 aromatic heterocycles. The molecule has 2 aromatic carbocycles. The van der Waals surface area contributed by atoms with Gasteiger partial charge in [0.05, 0.1) is 11.4 Å². The van der Waals surface area contributed by atoms with Crippen molar-refractivity contribution < 1.29 is 14.4 Å². The topological polar surface area (TPSA) is 79.4 Å². The molecule has 3 amide bonds. The molecule has 1 fully saturated rings. The van der Waals surface area contributed by atoms with Crippen molar-refractivity contribution in [2.24, 2.45) is 0 Å². The van der Waals surface area contributed by atoms with E-state index in [-0.39, 0.29) is 30.6 Å². The van der Waals surface area contributed by atoms with Crippen molar-refractivity contribution in [2.45, 2.75) is 33.6 Å². The predicted molar refractivity (Wildman–Crippen MR) is 118 cm³/mol. The maximum absolute atomic E-state index is 12.7. The minimum Gasteiger partial charge on any atom is -0.298 e. The quantitative estimate of drug-likeness (QED) is 0.625. The van der Waals surface area contributed by atoms with Crippen LogP contribution in [-0.4, -0.2) is 22.7 Å². The second-order valence-corrected chi connectivity index (χ2v) is 8.30. The normalized spacial score (nSPS) is 13.8. The van der Waals surface area contributed by atoms with Crippen LogP contribution in [0.5, 0.6) is 0 Å². The van der Waals surface area contributed by atoms with Crippen molar-refractivity contribution in [3.05, 3.63) is 64.0 Å². The molecule has 0 spiro atoms. The zero-order chi connectivity index (χ0) is 21.4. The van der Waals surface area contributed by atoms with Crippen molar-refractivity contribution >= 4 is 39.9 Å². The number of amides is 3. The number of aromatic nitrogens is 1. The van der Waals surface area contributed by atoms with Crippen LogP contribution in [0.2, 0.25) is 0 Å². The van der Waals surface area contributed by atoms with Gasteiger partial charge in [-0.05, 0) is 50.1 Å². The van der Waals surface area contributed by atoms with E-state index in [1.165, 1.54) is 16.9 Å². The predicted octanol–water partition coefficient (Wildman–Crippen LogP) is 4.64. The van der Waals surface area contributed by atoms with E-state index in [0.29, 0.717) is 16.4 Å². The fraction of sp³-hybridized carbons (Fsp3) is 0.217. The van der Waals surface area contributed by atoms with Gasteiger partial charge in [-0.2, -0.15) is 0 Å². The third-order valence-electron chi connectivity index (χ3n) is 5.08. The maximum Gasteiger partial charge on any atom is 0.257 e. The van der Waals surface area contributed by atoms with E-state index in [1.54, 1.807) is 24.3 Å². The Morgan fingerprint density at radius 2 is 1.70 bits per heavy atom. The third-order valence-corrected chi connectivity index (χ3v) is 5.83. The standard InChI is InChI=1S/C23H21N3O3S/c1-13-9-14(2)21(15(3)10-13)18-12-30-23(24-18)25-22(29)16-5-4-6-17(11-16)26-19(27)7-8-20(26)28/h4-6,9-12H,7-8H2,1-3H3,(H,24,25,29). The molecule has 2 heterocycles. The van der Waals surface area contributed by atoms with Gasteiger partial charge in [-0.1, -0.05) is 23.8 Å². The highest BCUT2D eigenvalue weighted by Gasteiger charge is 2.30. The number of carbonyl (C=O) groups is 3. The molecule has 1 aliphatic heterocycles. The number of benzene rings is 2. The van der Waals surface area contributed by atoms with Crippen molar-refractivity contribution in [3.63, 3.8) is 0 Å². The Labute approximate surface area is 178 Å². The van der Waals surface area contributed by atoms with Crippen molar-refractivity contribution in [2.75, 3.05) is 10.2 Å². The Bertz CT molecular complexity index is 1140. The molecule has 0 aliphatic carbocycles. The molecule has 1 aliphatic rings. The minimum atomic E-state index is -0.339. The van der Waals surface area contributed by atoms with Crippen molar-refractivity contribution in [1.82, 2.24) is 4.98 Å². The van der Waals surface area contributed by atoms with Crippen LogP contribution in [0.15, 0.2) is 41.8 Å². The van der Waals surface area contributed by atoms with E-state index in [9.17, 15) is 14.4 Å². The maximum atomic E-state index is 12.7. The zero-order valence-corrected chi connectivity index (χ0v) is 17.8. The summed E-state index contributed by atoms with van der Waals surface area (Å²) in [6.07, 6.45) is 0.407. The molecule has 0 saturated carbocycles. The molecule has 152 valence electrons. The molecule has 7 heteroatoms. The Morgan fingerprint density at radius 3 is 2.37 bits per heavy atom. The zero-order valence-electron chi connectivity index (χ0n) is 17.0. The highest BCUT2D eigenvalue weighted by Crippen LogP contribution is 2.31. The van der Waals surface area contributed by atoms with Gasteiger partial charge in [0.25, 0.3) is 5.91 Å². The van der Waals surface area contributed by atoms with Gasteiger partial charge in [-0.15, -0.1) is 11.3 Å². The van der Waals surface area contributed by atoms with Crippen molar-refractivity contribution in [3.8, 4) is 11.3 Å². The second kappa shape index (κ2) is 7.84. The lowest BCUT2D eigenvalue weighted by Crippen LogP contribution is -2.28. The van der Waals surface area contributed by atoms with Gasteiger partial charge in [-0.25, -0.2) is 4.98 Å². The van der Waals surface area contributed by atoms with Gasteiger partial charge >= 0.3 is 0 Å². The van der Waals surface area contributed by atoms with Gasteiger partial charge in [0.15, 0.2) is 5.13 Å². The number of anilines is 2. The number of nitrogens with one attached hydrogen (secondary N) is 1. The number of imide groups is 1. The fourth-order valence-electron chi connectivity index (χ4n) is 3.85. The highest BCUT2D eigenvalue weighted by atomic mass is 32.1. The largest absolute Gasteiger partial charge is 0.298 e. The molecular formula is C23H21N3O3S. The summed E-state index contributed by atoms with van der Waals surface area (Å²) >= 11 is 1.36. The lowest BCUT2D eigenvalue weighted by atomic mass is 9.98. The molecule has 1 saturated heterocycles. The molecule has 1 N–H and O–H groups in total. The summed E-state index contributed by atoms with van der Waals surface area (Å²) in [5.74, 6) is -0.828. The van der Waals surface area contributed by atoms with Crippen LogP contribution < -0.4 is 10.2 Å². The number of thiazole rings is 1.